The normalized spacial score (nSPS) is 11.7. The summed E-state index contributed by atoms with van der Waals surface area (Å²) in [7, 11) is 0. The Morgan fingerprint density at radius 1 is 1.37 bits per heavy atom. The predicted molar refractivity (Wildman–Crippen MR) is 65.2 cm³/mol. The van der Waals surface area contributed by atoms with Crippen molar-refractivity contribution in [3.63, 3.8) is 0 Å². The highest BCUT2D eigenvalue weighted by Crippen LogP contribution is 2.05. The molecule has 0 spiro atoms. The molecule has 0 bridgehead atoms. The minimum Gasteiger partial charge on any atom is -0.480 e. The number of nitrogens with one attached hydrogen (secondary N) is 1. The zero-order valence-electron chi connectivity index (χ0n) is 10.4. The van der Waals surface area contributed by atoms with Crippen molar-refractivity contribution in [3.8, 4) is 0 Å². The Morgan fingerprint density at radius 3 is 2.58 bits per heavy atom. The molecular formula is C13H14FNO4. The molecule has 1 aromatic rings. The van der Waals surface area contributed by atoms with E-state index in [0.29, 0.717) is 0 Å². The van der Waals surface area contributed by atoms with E-state index in [0.717, 1.165) is 6.07 Å². The van der Waals surface area contributed by atoms with Crippen LogP contribution in [0.15, 0.2) is 24.3 Å². The molecule has 0 saturated heterocycles. The maximum atomic E-state index is 12.9. The molecule has 0 radical (unpaired) electrons. The third-order valence-electron chi connectivity index (χ3n) is 2.48. The van der Waals surface area contributed by atoms with Gasteiger partial charge in [-0.1, -0.05) is 6.07 Å². The standard InChI is InChI=1S/C13H14FNO4/c1-8(16)5-6-11(13(18)19)15-12(17)9-3-2-4-10(14)7-9/h2-4,7,11H,5-6H2,1H3,(H,15,17)(H,18,19)/t11-/m0/s1. The van der Waals surface area contributed by atoms with Gasteiger partial charge in [-0.2, -0.15) is 0 Å². The summed E-state index contributed by atoms with van der Waals surface area (Å²) in [6.45, 7) is 1.34. The van der Waals surface area contributed by atoms with E-state index >= 15 is 0 Å². The lowest BCUT2D eigenvalue weighted by molar-refractivity contribution is -0.139. The smallest absolute Gasteiger partial charge is 0.326 e. The van der Waals surface area contributed by atoms with Gasteiger partial charge in [0, 0.05) is 12.0 Å². The lowest BCUT2D eigenvalue weighted by Gasteiger charge is -2.13. The van der Waals surface area contributed by atoms with Crippen molar-refractivity contribution in [1.82, 2.24) is 5.32 Å². The minimum absolute atomic E-state index is 0.00568. The van der Waals surface area contributed by atoms with Gasteiger partial charge in [0.1, 0.15) is 17.6 Å². The molecule has 6 heteroatoms. The van der Waals surface area contributed by atoms with Gasteiger partial charge in [0.25, 0.3) is 5.91 Å². The van der Waals surface area contributed by atoms with Gasteiger partial charge in [0.15, 0.2) is 0 Å². The third-order valence-corrected chi connectivity index (χ3v) is 2.48. The van der Waals surface area contributed by atoms with Gasteiger partial charge in [-0.3, -0.25) is 4.79 Å². The van der Waals surface area contributed by atoms with Crippen LogP contribution in [0.25, 0.3) is 0 Å². The van der Waals surface area contributed by atoms with Crippen LogP contribution in [0, 0.1) is 5.82 Å². The number of rotatable bonds is 6. The minimum atomic E-state index is -1.23. The van der Waals surface area contributed by atoms with Crippen LogP contribution in [0.1, 0.15) is 30.1 Å². The summed E-state index contributed by atoms with van der Waals surface area (Å²) in [5, 5.41) is 11.2. The second kappa shape index (κ2) is 6.63. The largest absolute Gasteiger partial charge is 0.480 e. The van der Waals surface area contributed by atoms with Crippen molar-refractivity contribution < 1.29 is 23.9 Å². The van der Waals surface area contributed by atoms with E-state index < -0.39 is 23.7 Å². The van der Waals surface area contributed by atoms with Crippen LogP contribution < -0.4 is 5.32 Å². The number of Topliss-reactive ketones (excluding diaryl/α,β-unsaturated/α-hetero) is 1. The molecular weight excluding hydrogens is 253 g/mol. The van der Waals surface area contributed by atoms with Gasteiger partial charge in [-0.15, -0.1) is 0 Å². The summed E-state index contributed by atoms with van der Waals surface area (Å²) >= 11 is 0. The van der Waals surface area contributed by atoms with Crippen LogP contribution in [-0.2, 0) is 9.59 Å². The van der Waals surface area contributed by atoms with Gasteiger partial charge in [0.2, 0.25) is 0 Å². The molecule has 19 heavy (non-hydrogen) atoms. The maximum absolute atomic E-state index is 12.9. The molecule has 0 heterocycles. The highest BCUT2D eigenvalue weighted by Gasteiger charge is 2.21. The van der Waals surface area contributed by atoms with E-state index in [1.54, 1.807) is 0 Å². The predicted octanol–water partition coefficient (Wildman–Crippen LogP) is 1.38. The number of carboxylic acids is 1. The van der Waals surface area contributed by atoms with Crippen LogP contribution in [0.2, 0.25) is 0 Å². The first-order valence-corrected chi connectivity index (χ1v) is 5.69. The fourth-order valence-corrected chi connectivity index (χ4v) is 1.48. The first-order chi connectivity index (χ1) is 8.90. The Bertz CT molecular complexity index is 501. The van der Waals surface area contributed by atoms with Crippen molar-refractivity contribution in [2.75, 3.05) is 0 Å². The van der Waals surface area contributed by atoms with Crippen LogP contribution in [0.3, 0.4) is 0 Å². The molecule has 0 aromatic heterocycles. The Kier molecular flexibility index (Phi) is 5.17. The number of carbonyl (C=O) groups is 3. The average Bonchev–Trinajstić information content (AvgIpc) is 2.33. The molecule has 0 aliphatic rings. The van der Waals surface area contributed by atoms with Crippen LogP contribution in [-0.4, -0.2) is 28.8 Å². The van der Waals surface area contributed by atoms with Crippen molar-refractivity contribution in [1.29, 1.82) is 0 Å². The summed E-state index contributed by atoms with van der Waals surface area (Å²) in [6, 6.07) is 3.76. The van der Waals surface area contributed by atoms with Crippen molar-refractivity contribution in [2.24, 2.45) is 0 Å². The SMILES string of the molecule is CC(=O)CC[C@H](NC(=O)c1cccc(F)c1)C(=O)O. The molecule has 1 aromatic carbocycles. The van der Waals surface area contributed by atoms with Crippen LogP contribution in [0.5, 0.6) is 0 Å². The van der Waals surface area contributed by atoms with Gasteiger partial charge in [-0.25, -0.2) is 9.18 Å². The highest BCUT2D eigenvalue weighted by atomic mass is 19.1. The molecule has 0 aliphatic heterocycles. The zero-order chi connectivity index (χ0) is 14.4. The number of hydrogen-bond acceptors (Lipinski definition) is 3. The van der Waals surface area contributed by atoms with E-state index in [9.17, 15) is 18.8 Å². The monoisotopic (exact) mass is 267 g/mol. The first kappa shape index (κ1) is 14.8. The Hall–Kier alpha value is -2.24. The zero-order valence-corrected chi connectivity index (χ0v) is 10.4. The van der Waals surface area contributed by atoms with Gasteiger partial charge in [-0.05, 0) is 31.5 Å². The Balaban J connectivity index is 2.71. The number of benzene rings is 1. The number of aliphatic carboxylic acids is 1. The first-order valence-electron chi connectivity index (χ1n) is 5.69. The molecule has 1 amide bonds. The fraction of sp³-hybridized carbons (Fsp3) is 0.308. The maximum Gasteiger partial charge on any atom is 0.326 e. The second-order valence-corrected chi connectivity index (χ2v) is 4.12. The summed E-state index contributed by atoms with van der Waals surface area (Å²) in [5.74, 6) is -2.66. The molecule has 0 unspecified atom stereocenters. The topological polar surface area (TPSA) is 83.5 Å². The van der Waals surface area contributed by atoms with E-state index in [1.165, 1.54) is 25.1 Å². The Morgan fingerprint density at radius 2 is 2.05 bits per heavy atom. The van der Waals surface area contributed by atoms with Crippen molar-refractivity contribution in [2.45, 2.75) is 25.8 Å². The van der Waals surface area contributed by atoms with Gasteiger partial charge < -0.3 is 15.2 Å². The average molecular weight is 267 g/mol. The number of amides is 1. The molecule has 102 valence electrons. The summed E-state index contributed by atoms with van der Waals surface area (Å²) in [4.78, 5) is 33.5. The lowest BCUT2D eigenvalue weighted by Crippen LogP contribution is -2.41. The highest BCUT2D eigenvalue weighted by molar-refractivity contribution is 5.96. The molecule has 5 nitrogen and oxygen atoms in total. The summed E-state index contributed by atoms with van der Waals surface area (Å²) in [5.41, 5.74) is 0.0362. The van der Waals surface area contributed by atoms with Gasteiger partial charge >= 0.3 is 5.97 Å². The lowest BCUT2D eigenvalue weighted by atomic mass is 10.1. The van der Waals surface area contributed by atoms with E-state index in [4.69, 9.17) is 5.11 Å². The third kappa shape index (κ3) is 4.87. The molecule has 0 aliphatic carbocycles. The fourth-order valence-electron chi connectivity index (χ4n) is 1.48. The second-order valence-electron chi connectivity index (χ2n) is 4.12. The van der Waals surface area contributed by atoms with Crippen LogP contribution >= 0.6 is 0 Å². The van der Waals surface area contributed by atoms with Crippen molar-refractivity contribution in [3.05, 3.63) is 35.6 Å². The molecule has 0 saturated carbocycles. The number of carboxylic acid groups (broad SMARTS) is 1. The number of halogens is 1. The summed E-state index contributed by atoms with van der Waals surface area (Å²) < 4.78 is 12.9. The van der Waals surface area contributed by atoms with Gasteiger partial charge in [0.05, 0.1) is 0 Å². The number of hydrogen-bond donors (Lipinski definition) is 2. The van der Waals surface area contributed by atoms with E-state index in [1.807, 2.05) is 0 Å². The van der Waals surface area contributed by atoms with E-state index in [2.05, 4.69) is 5.32 Å². The Labute approximate surface area is 109 Å². The quantitative estimate of drug-likeness (QED) is 0.815. The number of carbonyl (C=O) groups excluding carboxylic acids is 2. The molecule has 1 rings (SSSR count). The molecule has 1 atom stereocenters. The van der Waals surface area contributed by atoms with Crippen LogP contribution in [0.4, 0.5) is 4.39 Å². The number of ketones is 1. The van der Waals surface area contributed by atoms with E-state index in [-0.39, 0.29) is 24.2 Å². The van der Waals surface area contributed by atoms with Crippen molar-refractivity contribution >= 4 is 17.7 Å². The summed E-state index contributed by atoms with van der Waals surface area (Å²) in [6.07, 6.45) is 0.0616. The molecule has 2 N–H and O–H groups in total. The molecule has 0 fully saturated rings.